The molecule has 0 bridgehead atoms. The average Bonchev–Trinajstić information content (AvgIpc) is 2.39. The third-order valence-corrected chi connectivity index (χ3v) is 6.11. The summed E-state index contributed by atoms with van der Waals surface area (Å²) < 4.78 is 6.01. The van der Waals surface area contributed by atoms with Gasteiger partial charge in [0.05, 0.1) is 0 Å². The van der Waals surface area contributed by atoms with E-state index >= 15 is 0 Å². The molecule has 1 saturated heterocycles. The topological polar surface area (TPSA) is 9.23 Å². The third-order valence-electron chi connectivity index (χ3n) is 3.35. The van der Waals surface area contributed by atoms with Crippen molar-refractivity contribution in [1.82, 2.24) is 0 Å². The number of benzene rings is 1. The fraction of sp³-hybridized carbons (Fsp3) is 0.429. The monoisotopic (exact) mass is 232 g/mol. The van der Waals surface area contributed by atoms with Crippen LogP contribution in [0, 0.1) is 0 Å². The first-order valence-corrected chi connectivity index (χ1v) is 8.03. The minimum Gasteiger partial charge on any atom is -0.415 e. The van der Waals surface area contributed by atoms with Crippen LogP contribution in [-0.4, -0.2) is 15.6 Å². The summed E-state index contributed by atoms with van der Waals surface area (Å²) in [5, 5.41) is 1.50. The molecule has 0 radical (unpaired) electrons. The summed E-state index contributed by atoms with van der Waals surface area (Å²) in [5.74, 6) is 0. The molecule has 0 aromatic heterocycles. The molecule has 1 atom stereocenters. The van der Waals surface area contributed by atoms with Crippen molar-refractivity contribution in [2.75, 3.05) is 6.61 Å². The summed E-state index contributed by atoms with van der Waals surface area (Å²) in [7, 11) is -1.13. The molecule has 1 unspecified atom stereocenters. The Kier molecular flexibility index (Phi) is 3.96. The fourth-order valence-electron chi connectivity index (χ4n) is 2.28. The molecule has 0 spiro atoms. The van der Waals surface area contributed by atoms with Gasteiger partial charge in [0.1, 0.15) is 0 Å². The van der Waals surface area contributed by atoms with Gasteiger partial charge in [-0.1, -0.05) is 36.8 Å². The molecule has 1 aliphatic heterocycles. The predicted molar refractivity (Wildman–Crippen MR) is 72.5 cm³/mol. The summed E-state index contributed by atoms with van der Waals surface area (Å²) in [6.07, 6.45) is 4.78. The summed E-state index contributed by atoms with van der Waals surface area (Å²) >= 11 is 0. The molecule has 2 rings (SSSR count). The molecule has 1 heterocycles. The minimum atomic E-state index is -1.13. The van der Waals surface area contributed by atoms with Crippen LogP contribution < -0.4 is 5.19 Å². The molecular formula is C14H20OSi. The normalized spacial score (nSPS) is 22.1. The summed E-state index contributed by atoms with van der Waals surface area (Å²) in [4.78, 5) is 0. The first-order valence-electron chi connectivity index (χ1n) is 6.16. The van der Waals surface area contributed by atoms with Crippen molar-refractivity contribution >= 4 is 19.8 Å². The maximum Gasteiger partial charge on any atom is 0.208 e. The van der Waals surface area contributed by atoms with E-state index in [9.17, 15) is 0 Å². The van der Waals surface area contributed by atoms with E-state index in [1.54, 1.807) is 0 Å². The van der Waals surface area contributed by atoms with E-state index in [1.807, 2.05) is 0 Å². The van der Waals surface area contributed by atoms with Crippen molar-refractivity contribution in [3.63, 3.8) is 0 Å². The van der Waals surface area contributed by atoms with Crippen molar-refractivity contribution in [3.05, 3.63) is 35.9 Å². The molecule has 86 valence electrons. The fourth-order valence-corrected chi connectivity index (χ4v) is 5.04. The molecule has 1 aromatic carbocycles. The van der Waals surface area contributed by atoms with Gasteiger partial charge in [0.25, 0.3) is 0 Å². The molecule has 0 N–H and O–H groups in total. The zero-order valence-corrected chi connectivity index (χ0v) is 11.4. The molecule has 1 fully saturated rings. The lowest BCUT2D eigenvalue weighted by atomic mass is 10.1. The molecule has 1 nitrogen and oxygen atoms in total. The Morgan fingerprint density at radius 3 is 2.81 bits per heavy atom. The van der Waals surface area contributed by atoms with Crippen LogP contribution in [0.1, 0.15) is 32.3 Å². The van der Waals surface area contributed by atoms with E-state index in [0.717, 1.165) is 6.61 Å². The summed E-state index contributed by atoms with van der Waals surface area (Å²) in [6.45, 7) is 5.27. The van der Waals surface area contributed by atoms with Crippen molar-refractivity contribution < 1.29 is 4.43 Å². The molecule has 0 aliphatic carbocycles. The van der Waals surface area contributed by atoms with Crippen molar-refractivity contribution in [3.8, 4) is 0 Å². The van der Waals surface area contributed by atoms with Crippen LogP contribution in [0.2, 0.25) is 6.04 Å². The first kappa shape index (κ1) is 11.6. The van der Waals surface area contributed by atoms with Crippen LogP contribution in [0.25, 0.3) is 5.57 Å². The van der Waals surface area contributed by atoms with Crippen LogP contribution in [0.3, 0.4) is 0 Å². The molecule has 2 heteroatoms. The lowest BCUT2D eigenvalue weighted by Gasteiger charge is -2.23. The van der Waals surface area contributed by atoms with Crippen LogP contribution in [0.4, 0.5) is 0 Å². The lowest BCUT2D eigenvalue weighted by Crippen LogP contribution is -2.38. The molecular weight excluding hydrogens is 212 g/mol. The summed E-state index contributed by atoms with van der Waals surface area (Å²) in [5.41, 5.74) is 2.78. The van der Waals surface area contributed by atoms with Gasteiger partial charge in [0.15, 0.2) is 0 Å². The number of rotatable bonds is 2. The van der Waals surface area contributed by atoms with Crippen LogP contribution in [-0.2, 0) is 4.43 Å². The van der Waals surface area contributed by atoms with Crippen molar-refractivity contribution in [2.24, 2.45) is 0 Å². The number of hydrogen-bond donors (Lipinski definition) is 0. The van der Waals surface area contributed by atoms with Gasteiger partial charge in [-0.3, -0.25) is 0 Å². The Bertz CT molecular complexity index is 378. The Labute approximate surface area is 99.9 Å². The Morgan fingerprint density at radius 1 is 1.31 bits per heavy atom. The molecule has 1 aromatic rings. The SMILES string of the molecule is CC=C(C)c1ccccc1[SiH]1CCCCO1. The van der Waals surface area contributed by atoms with Crippen LogP contribution >= 0.6 is 0 Å². The van der Waals surface area contributed by atoms with E-state index in [2.05, 4.69) is 44.2 Å². The van der Waals surface area contributed by atoms with E-state index in [1.165, 1.54) is 35.2 Å². The zero-order valence-electron chi connectivity index (χ0n) is 10.2. The average molecular weight is 232 g/mol. The highest BCUT2D eigenvalue weighted by atomic mass is 28.3. The predicted octanol–water partition coefficient (Wildman–Crippen LogP) is 2.85. The zero-order chi connectivity index (χ0) is 11.4. The Hall–Kier alpha value is -0.863. The van der Waals surface area contributed by atoms with E-state index < -0.39 is 9.04 Å². The smallest absolute Gasteiger partial charge is 0.208 e. The lowest BCUT2D eigenvalue weighted by molar-refractivity contribution is 0.294. The largest absolute Gasteiger partial charge is 0.415 e. The highest BCUT2D eigenvalue weighted by molar-refractivity contribution is 6.68. The third kappa shape index (κ3) is 2.44. The van der Waals surface area contributed by atoms with E-state index in [-0.39, 0.29) is 0 Å². The number of hydrogen-bond acceptors (Lipinski definition) is 1. The van der Waals surface area contributed by atoms with Gasteiger partial charge in [-0.15, -0.1) is 0 Å². The van der Waals surface area contributed by atoms with E-state index in [4.69, 9.17) is 4.43 Å². The molecule has 0 saturated carbocycles. The van der Waals surface area contributed by atoms with Crippen LogP contribution in [0.5, 0.6) is 0 Å². The maximum atomic E-state index is 6.01. The second kappa shape index (κ2) is 5.46. The quantitative estimate of drug-likeness (QED) is 0.713. The van der Waals surface area contributed by atoms with Gasteiger partial charge in [-0.25, -0.2) is 0 Å². The number of allylic oxidation sites excluding steroid dienone is 2. The highest BCUT2D eigenvalue weighted by Crippen LogP contribution is 2.17. The van der Waals surface area contributed by atoms with Gasteiger partial charge >= 0.3 is 0 Å². The van der Waals surface area contributed by atoms with Crippen LogP contribution in [0.15, 0.2) is 30.3 Å². The van der Waals surface area contributed by atoms with Gasteiger partial charge in [-0.05, 0) is 42.6 Å². The van der Waals surface area contributed by atoms with Crippen molar-refractivity contribution in [1.29, 1.82) is 0 Å². The first-order chi connectivity index (χ1) is 7.83. The highest BCUT2D eigenvalue weighted by Gasteiger charge is 2.21. The molecule has 16 heavy (non-hydrogen) atoms. The van der Waals surface area contributed by atoms with Gasteiger partial charge in [0.2, 0.25) is 9.04 Å². The molecule has 1 aliphatic rings. The maximum absolute atomic E-state index is 6.01. The van der Waals surface area contributed by atoms with Gasteiger partial charge < -0.3 is 4.43 Å². The summed E-state index contributed by atoms with van der Waals surface area (Å²) in [6, 6.07) is 10.1. The van der Waals surface area contributed by atoms with Crippen molar-refractivity contribution in [2.45, 2.75) is 32.7 Å². The van der Waals surface area contributed by atoms with E-state index in [0.29, 0.717) is 0 Å². The Morgan fingerprint density at radius 2 is 2.12 bits per heavy atom. The molecule has 0 amide bonds. The standard InChI is InChI=1S/C14H20OSi/c1-3-12(2)13-8-4-5-9-14(13)16-11-7-6-10-15-16/h3-5,8-9,16H,6-7,10-11H2,1-2H3. The second-order valence-electron chi connectivity index (χ2n) is 4.41. The second-order valence-corrected chi connectivity index (χ2v) is 6.92. The van der Waals surface area contributed by atoms with Gasteiger partial charge in [0, 0.05) is 6.61 Å². The minimum absolute atomic E-state index is 0.972. The Balaban J connectivity index is 2.31. The van der Waals surface area contributed by atoms with Gasteiger partial charge in [-0.2, -0.15) is 0 Å².